The minimum absolute atomic E-state index is 0.446. The van der Waals surface area contributed by atoms with Crippen LogP contribution >= 0.6 is 23.8 Å². The van der Waals surface area contributed by atoms with E-state index in [1.165, 1.54) is 47.7 Å². The van der Waals surface area contributed by atoms with E-state index in [0.29, 0.717) is 9.76 Å². The van der Waals surface area contributed by atoms with Gasteiger partial charge in [0.2, 0.25) is 0 Å². The van der Waals surface area contributed by atoms with Crippen molar-refractivity contribution in [1.29, 1.82) is 0 Å². The first-order chi connectivity index (χ1) is 30.8. The molecule has 2 nitrogen and oxygen atoms in total. The molecule has 0 fully saturated rings. The maximum atomic E-state index is 9.21. The summed E-state index contributed by atoms with van der Waals surface area (Å²) in [5.41, 5.74) is 0. The topological polar surface area (TPSA) is 34.1 Å². The van der Waals surface area contributed by atoms with E-state index in [1.54, 1.807) is 0 Å². The van der Waals surface area contributed by atoms with Crippen LogP contribution in [0, 0.1) is 0 Å². The first kappa shape index (κ1) is 45.8. The Balaban J connectivity index is 0.000000147. The van der Waals surface area contributed by atoms with Crippen LogP contribution < -0.4 is 47.7 Å². The van der Waals surface area contributed by atoms with Crippen LogP contribution in [0.2, 0.25) is 0 Å². The summed E-state index contributed by atoms with van der Waals surface area (Å²) in [6, 6.07) is 97.0. The van der Waals surface area contributed by atoms with Crippen molar-refractivity contribution in [2.45, 2.75) is 0 Å². The molecular formula is C56H47O2P3Ru. The van der Waals surface area contributed by atoms with Gasteiger partial charge in [0.25, 0.3) is 0 Å². The summed E-state index contributed by atoms with van der Waals surface area (Å²) < 4.78 is 0. The van der Waals surface area contributed by atoms with E-state index >= 15 is 0 Å². The van der Waals surface area contributed by atoms with Gasteiger partial charge in [0.15, 0.2) is 0 Å². The van der Waals surface area contributed by atoms with Crippen LogP contribution in [0.5, 0.6) is 0 Å². The monoisotopic (exact) mass is 946 g/mol. The van der Waals surface area contributed by atoms with Gasteiger partial charge in [0.1, 0.15) is 0 Å². The minimum Gasteiger partial charge on any atom is -0.0622 e. The molecular weight excluding hydrogens is 899 g/mol. The summed E-state index contributed by atoms with van der Waals surface area (Å²) in [5.74, 6) is 0. The van der Waals surface area contributed by atoms with E-state index in [-0.39, 0.29) is 0 Å². The number of carbonyl (C=O) groups is 2. The molecule has 0 amide bonds. The molecule has 0 heterocycles. The number of benzene rings is 9. The molecule has 0 bridgehead atoms. The molecule has 0 N–H and O–H groups in total. The summed E-state index contributed by atoms with van der Waals surface area (Å²) in [7, 11) is -1.34. The Morgan fingerprint density at radius 1 is 0.210 bits per heavy atom. The molecule has 0 aliphatic heterocycles. The van der Waals surface area contributed by atoms with Crippen molar-refractivity contribution in [2.75, 3.05) is 0 Å². The van der Waals surface area contributed by atoms with Gasteiger partial charge in [-0.2, -0.15) is 0 Å². The molecule has 0 radical (unpaired) electrons. The van der Waals surface area contributed by atoms with Crippen LogP contribution in [-0.4, -0.2) is 9.76 Å². The van der Waals surface area contributed by atoms with Crippen molar-refractivity contribution in [2.24, 2.45) is 0 Å². The van der Waals surface area contributed by atoms with E-state index in [1.807, 2.05) is 0 Å². The molecule has 9 rings (SSSR count). The Labute approximate surface area is 378 Å². The van der Waals surface area contributed by atoms with Gasteiger partial charge in [-0.1, -0.05) is 273 Å². The average Bonchev–Trinajstić information content (AvgIpc) is 3.36. The van der Waals surface area contributed by atoms with Crippen molar-refractivity contribution >= 4 is 81.3 Å². The maximum absolute atomic E-state index is 9.21. The van der Waals surface area contributed by atoms with E-state index in [9.17, 15) is 9.59 Å². The molecule has 0 unspecified atom stereocenters. The average molecular weight is 946 g/mol. The maximum Gasteiger partial charge on any atom is -0.0134 e. The van der Waals surface area contributed by atoms with Gasteiger partial charge >= 0.3 is 36.5 Å². The molecule has 306 valence electrons. The van der Waals surface area contributed by atoms with Gasteiger partial charge in [0, 0.05) is 0 Å². The van der Waals surface area contributed by atoms with Gasteiger partial charge in [-0.05, 0) is 71.5 Å². The third-order valence-corrected chi connectivity index (χ3v) is 17.0. The smallest absolute Gasteiger partial charge is 0.0134 e. The van der Waals surface area contributed by atoms with Crippen LogP contribution in [0.25, 0.3) is 0 Å². The fourth-order valence-electron chi connectivity index (χ4n) is 6.55. The third-order valence-electron chi connectivity index (χ3n) is 9.23. The molecule has 0 aromatic heterocycles. The second-order valence-corrected chi connectivity index (χ2v) is 21.4. The molecule has 9 aromatic carbocycles. The molecule has 0 saturated heterocycles. The summed E-state index contributed by atoms with van der Waals surface area (Å²) in [5, 5.41) is 12.6. The van der Waals surface area contributed by atoms with Crippen molar-refractivity contribution in [3.05, 3.63) is 273 Å². The minimum atomic E-state index is -0.592. The number of carbonyl (C=O) groups excluding carboxylic acids is 2. The summed E-state index contributed by atoms with van der Waals surface area (Å²) in [4.78, 5) is 19.7. The molecule has 6 heteroatoms. The Morgan fingerprint density at radius 3 is 0.403 bits per heavy atom. The summed E-state index contributed by atoms with van der Waals surface area (Å²) in [6.45, 7) is 0. The third kappa shape index (κ3) is 14.1. The van der Waals surface area contributed by atoms with E-state index in [4.69, 9.17) is 0 Å². The van der Waals surface area contributed by atoms with Crippen LogP contribution in [0.15, 0.2) is 273 Å². The van der Waals surface area contributed by atoms with E-state index < -0.39 is 40.9 Å². The second kappa shape index (κ2) is 26.5. The Hall–Kier alpha value is -5.77. The van der Waals surface area contributed by atoms with E-state index in [0.717, 1.165) is 0 Å². The molecule has 0 aliphatic rings. The first-order valence-electron chi connectivity index (χ1n) is 20.1. The first-order valence-corrected chi connectivity index (χ1v) is 26.1. The van der Waals surface area contributed by atoms with Crippen molar-refractivity contribution in [3.8, 4) is 0 Å². The van der Waals surface area contributed by atoms with Crippen LogP contribution in [0.1, 0.15) is 0 Å². The zero-order valence-corrected chi connectivity index (χ0v) is 38.6. The number of hydrogen-bond donors (Lipinski definition) is 0. The molecule has 0 spiro atoms. The normalized spacial score (nSPS) is 10.3. The van der Waals surface area contributed by atoms with Crippen LogP contribution in [-0.2, 0) is 26.7 Å². The van der Waals surface area contributed by atoms with Gasteiger partial charge in [0.05, 0.1) is 0 Å². The predicted octanol–water partition coefficient (Wildman–Crippen LogP) is 9.78. The molecule has 0 aliphatic carbocycles. The van der Waals surface area contributed by atoms with E-state index in [2.05, 4.69) is 273 Å². The molecule has 62 heavy (non-hydrogen) atoms. The van der Waals surface area contributed by atoms with Gasteiger partial charge < -0.3 is 0 Å². The zero-order valence-electron chi connectivity index (χ0n) is 34.1. The number of rotatable bonds is 11. The standard InChI is InChI=1S/3C18H15P.2CHO.Ru/c3*1-4-10-16(11-5-1)19(17-12-6-2-7-13-17)18-14-8-3-9-15-18;2*1-2;/h3*1-15H;2*1H;. The van der Waals surface area contributed by atoms with Gasteiger partial charge in [-0.25, -0.2) is 0 Å². The largest absolute Gasteiger partial charge is 0.0622 e. The van der Waals surface area contributed by atoms with Gasteiger partial charge in [-0.15, -0.1) is 0 Å². The van der Waals surface area contributed by atoms with Crippen molar-refractivity contribution in [3.63, 3.8) is 0 Å². The van der Waals surface area contributed by atoms with Gasteiger partial charge in [-0.3, -0.25) is 0 Å². The molecule has 0 saturated carbocycles. The summed E-state index contributed by atoms with van der Waals surface area (Å²) >= 11 is -0.592. The van der Waals surface area contributed by atoms with Crippen LogP contribution in [0.3, 0.4) is 0 Å². The van der Waals surface area contributed by atoms with Crippen molar-refractivity contribution < 1.29 is 26.7 Å². The predicted molar refractivity (Wildman–Crippen MR) is 269 cm³/mol. The zero-order chi connectivity index (χ0) is 42.9. The van der Waals surface area contributed by atoms with Crippen molar-refractivity contribution in [1.82, 2.24) is 0 Å². The second-order valence-electron chi connectivity index (χ2n) is 13.3. The summed E-state index contributed by atoms with van der Waals surface area (Å²) in [6.07, 6.45) is 0. The SMILES string of the molecule is O=[CH][Ru][CH]=O.c1ccc(P(c2ccccc2)c2ccccc2)cc1.c1ccc(P(c2ccccc2)c2ccccc2)cc1.c1ccc(P(c2ccccc2)c2ccccc2)cc1. The fourth-order valence-corrected chi connectivity index (χ4v) is 13.6. The molecule has 0 atom stereocenters. The fraction of sp³-hybridized carbons (Fsp3) is 0. The Bertz CT molecular complexity index is 1990. The Morgan fingerprint density at radius 2 is 0.323 bits per heavy atom. The molecule has 9 aromatic rings. The Kier molecular flexibility index (Phi) is 19.6. The van der Waals surface area contributed by atoms with Crippen LogP contribution in [0.4, 0.5) is 0 Å². The quantitative estimate of drug-likeness (QED) is 0.0736. The number of hydrogen-bond acceptors (Lipinski definition) is 2.